The molecule has 1 amide bonds. The van der Waals surface area contributed by atoms with Gasteiger partial charge in [0.25, 0.3) is 0 Å². The van der Waals surface area contributed by atoms with Crippen LogP contribution in [0.4, 0.5) is 10.2 Å². The first kappa shape index (κ1) is 19.7. The average Bonchev–Trinajstić information content (AvgIpc) is 3.15. The summed E-state index contributed by atoms with van der Waals surface area (Å²) in [5.74, 6) is 1.49. The van der Waals surface area contributed by atoms with Crippen LogP contribution in [0.5, 0.6) is 0 Å². The number of anilines is 1. The first-order valence-corrected chi connectivity index (χ1v) is 11.8. The van der Waals surface area contributed by atoms with E-state index in [1.807, 2.05) is 6.07 Å². The van der Waals surface area contributed by atoms with Gasteiger partial charge in [0.05, 0.1) is 21.5 Å². The molecule has 1 aliphatic heterocycles. The Bertz CT molecular complexity index is 1080. The molecule has 1 saturated heterocycles. The second kappa shape index (κ2) is 8.10. The van der Waals surface area contributed by atoms with Crippen molar-refractivity contribution in [2.45, 2.75) is 51.5 Å². The zero-order valence-corrected chi connectivity index (χ0v) is 18.1. The predicted molar refractivity (Wildman–Crippen MR) is 119 cm³/mol. The monoisotopic (exact) mass is 426 g/mol. The summed E-state index contributed by atoms with van der Waals surface area (Å²) in [6.45, 7) is 3.80. The Morgan fingerprint density at radius 1 is 1.20 bits per heavy atom. The van der Waals surface area contributed by atoms with Gasteiger partial charge in [-0.2, -0.15) is 0 Å². The van der Waals surface area contributed by atoms with E-state index in [0.717, 1.165) is 53.4 Å². The molecule has 0 spiro atoms. The van der Waals surface area contributed by atoms with E-state index in [0.29, 0.717) is 23.5 Å². The number of fused-ring (bicyclic) bond motifs is 3. The fraction of sp³-hybridized carbons (Fsp3) is 0.522. The maximum Gasteiger partial charge on any atom is 0.225 e. The Kier molecular flexibility index (Phi) is 5.31. The number of halogens is 1. The van der Waals surface area contributed by atoms with Crippen molar-refractivity contribution < 1.29 is 9.18 Å². The second-order valence-electron chi connectivity index (χ2n) is 8.84. The van der Waals surface area contributed by atoms with Crippen molar-refractivity contribution in [3.05, 3.63) is 30.3 Å². The highest BCUT2D eigenvalue weighted by atomic mass is 32.1. The van der Waals surface area contributed by atoms with Crippen molar-refractivity contribution >= 4 is 43.4 Å². The van der Waals surface area contributed by atoms with Crippen LogP contribution in [-0.4, -0.2) is 35.0 Å². The van der Waals surface area contributed by atoms with Gasteiger partial charge >= 0.3 is 0 Å². The second-order valence-corrected chi connectivity index (χ2v) is 9.89. The number of nitrogens with zero attached hydrogens (tertiary/aromatic N) is 3. The standard InChI is InChI=1S/C23H27FN4OS/c1-14-7-9-16(10-8-14)27-23(29)15-4-3-11-28(12-15)22-21-20(25-13-26-22)19-17(24)5-2-6-18(19)30-21/h2,5-6,13-16H,3-4,7-12H2,1H3,(H,27,29)/t14?,15-,16?/m1/s1. The van der Waals surface area contributed by atoms with Crippen LogP contribution in [0.25, 0.3) is 20.3 Å². The highest BCUT2D eigenvalue weighted by molar-refractivity contribution is 7.26. The van der Waals surface area contributed by atoms with Gasteiger partial charge in [0.15, 0.2) is 0 Å². The van der Waals surface area contributed by atoms with Gasteiger partial charge in [-0.25, -0.2) is 14.4 Å². The van der Waals surface area contributed by atoms with Gasteiger partial charge in [-0.3, -0.25) is 4.79 Å². The lowest BCUT2D eigenvalue weighted by Crippen LogP contribution is -2.47. The number of benzene rings is 1. The normalized spacial score (nSPS) is 25.0. The Labute approximate surface area is 179 Å². The minimum absolute atomic E-state index is 0.0331. The summed E-state index contributed by atoms with van der Waals surface area (Å²) in [5.41, 5.74) is 0.668. The maximum atomic E-state index is 14.4. The van der Waals surface area contributed by atoms with E-state index in [4.69, 9.17) is 0 Å². The van der Waals surface area contributed by atoms with Crippen LogP contribution in [0.3, 0.4) is 0 Å². The van der Waals surface area contributed by atoms with Crippen LogP contribution in [0.1, 0.15) is 45.4 Å². The third kappa shape index (κ3) is 3.64. The Morgan fingerprint density at radius 3 is 2.87 bits per heavy atom. The van der Waals surface area contributed by atoms with E-state index in [1.54, 1.807) is 6.07 Å². The van der Waals surface area contributed by atoms with E-state index in [-0.39, 0.29) is 17.6 Å². The number of hydrogen-bond donors (Lipinski definition) is 1. The van der Waals surface area contributed by atoms with Crippen molar-refractivity contribution in [3.8, 4) is 0 Å². The number of nitrogens with one attached hydrogen (secondary N) is 1. The Balaban J connectivity index is 1.37. The smallest absolute Gasteiger partial charge is 0.225 e. The van der Waals surface area contributed by atoms with Gasteiger partial charge in [0.1, 0.15) is 18.0 Å². The number of piperidine rings is 1. The molecular weight excluding hydrogens is 399 g/mol. The van der Waals surface area contributed by atoms with Crippen molar-refractivity contribution in [1.82, 2.24) is 15.3 Å². The highest BCUT2D eigenvalue weighted by Crippen LogP contribution is 2.39. The topological polar surface area (TPSA) is 58.1 Å². The molecule has 1 N–H and O–H groups in total. The summed E-state index contributed by atoms with van der Waals surface area (Å²) < 4.78 is 16.2. The Morgan fingerprint density at radius 2 is 2.03 bits per heavy atom. The lowest BCUT2D eigenvalue weighted by atomic mass is 9.87. The molecule has 158 valence electrons. The average molecular weight is 427 g/mol. The van der Waals surface area contributed by atoms with E-state index in [1.165, 1.54) is 36.6 Å². The summed E-state index contributed by atoms with van der Waals surface area (Å²) in [4.78, 5) is 24.1. The molecule has 0 unspecified atom stereocenters. The van der Waals surface area contributed by atoms with E-state index >= 15 is 0 Å². The number of thiophene rings is 1. The van der Waals surface area contributed by atoms with E-state index < -0.39 is 0 Å². The summed E-state index contributed by atoms with van der Waals surface area (Å²) in [6, 6.07) is 5.45. The van der Waals surface area contributed by atoms with Crippen molar-refractivity contribution in [2.24, 2.45) is 11.8 Å². The molecule has 7 heteroatoms. The first-order chi connectivity index (χ1) is 14.6. The molecular formula is C23H27FN4OS. The van der Waals surface area contributed by atoms with E-state index in [2.05, 4.69) is 27.1 Å². The summed E-state index contributed by atoms with van der Waals surface area (Å²) in [5, 5.41) is 3.87. The largest absolute Gasteiger partial charge is 0.355 e. The van der Waals surface area contributed by atoms with Gasteiger partial charge in [0.2, 0.25) is 5.91 Å². The summed E-state index contributed by atoms with van der Waals surface area (Å²) in [7, 11) is 0. The van der Waals surface area contributed by atoms with Crippen LogP contribution in [0, 0.1) is 17.7 Å². The fourth-order valence-corrected chi connectivity index (χ4v) is 6.09. The fourth-order valence-electron chi connectivity index (χ4n) is 4.90. The van der Waals surface area contributed by atoms with Crippen LogP contribution in [0.15, 0.2) is 24.5 Å². The first-order valence-electron chi connectivity index (χ1n) is 11.0. The predicted octanol–water partition coefficient (Wildman–Crippen LogP) is 4.89. The molecule has 1 saturated carbocycles. The molecule has 0 radical (unpaired) electrons. The third-order valence-corrected chi connectivity index (χ3v) is 7.80. The summed E-state index contributed by atoms with van der Waals surface area (Å²) >= 11 is 1.53. The number of hydrogen-bond acceptors (Lipinski definition) is 5. The maximum absolute atomic E-state index is 14.4. The SMILES string of the molecule is CC1CCC(NC(=O)[C@@H]2CCCN(c3ncnc4c3sc3cccc(F)c34)C2)CC1. The number of carbonyl (C=O) groups excluding carboxylic acids is 1. The molecule has 5 nitrogen and oxygen atoms in total. The van der Waals surface area contributed by atoms with Gasteiger partial charge in [-0.05, 0) is 56.6 Å². The van der Waals surface area contributed by atoms with Crippen LogP contribution in [0.2, 0.25) is 0 Å². The quantitative estimate of drug-likeness (QED) is 0.648. The van der Waals surface area contributed by atoms with Crippen molar-refractivity contribution in [1.29, 1.82) is 0 Å². The van der Waals surface area contributed by atoms with E-state index in [9.17, 15) is 9.18 Å². The van der Waals surface area contributed by atoms with Crippen LogP contribution in [-0.2, 0) is 4.79 Å². The number of carbonyl (C=O) groups is 1. The van der Waals surface area contributed by atoms with Crippen molar-refractivity contribution in [3.63, 3.8) is 0 Å². The minimum atomic E-state index is -0.249. The molecule has 1 atom stereocenters. The molecule has 3 heterocycles. The molecule has 5 rings (SSSR count). The zero-order valence-electron chi connectivity index (χ0n) is 17.2. The highest BCUT2D eigenvalue weighted by Gasteiger charge is 2.30. The van der Waals surface area contributed by atoms with Gasteiger partial charge in [0, 0.05) is 23.8 Å². The molecule has 2 aromatic heterocycles. The number of aromatic nitrogens is 2. The lowest BCUT2D eigenvalue weighted by molar-refractivity contribution is -0.126. The van der Waals surface area contributed by atoms with Gasteiger partial charge in [-0.1, -0.05) is 13.0 Å². The van der Waals surface area contributed by atoms with Crippen molar-refractivity contribution in [2.75, 3.05) is 18.0 Å². The van der Waals surface area contributed by atoms with Gasteiger partial charge in [-0.15, -0.1) is 11.3 Å². The molecule has 1 aromatic carbocycles. The third-order valence-electron chi connectivity index (χ3n) is 6.66. The zero-order chi connectivity index (χ0) is 20.7. The van der Waals surface area contributed by atoms with Crippen LogP contribution < -0.4 is 10.2 Å². The van der Waals surface area contributed by atoms with Crippen LogP contribution >= 0.6 is 11.3 Å². The molecule has 0 bridgehead atoms. The molecule has 2 aliphatic rings. The molecule has 30 heavy (non-hydrogen) atoms. The number of rotatable bonds is 3. The Hall–Kier alpha value is -2.28. The van der Waals surface area contributed by atoms with Gasteiger partial charge < -0.3 is 10.2 Å². The summed E-state index contributed by atoms with van der Waals surface area (Å²) in [6.07, 6.45) is 7.94. The molecule has 1 aliphatic carbocycles. The minimum Gasteiger partial charge on any atom is -0.355 e. The number of amides is 1. The molecule has 3 aromatic rings. The lowest BCUT2D eigenvalue weighted by Gasteiger charge is -2.34. The molecule has 2 fully saturated rings.